The van der Waals surface area contributed by atoms with Crippen molar-refractivity contribution in [3.8, 4) is 0 Å². The van der Waals surface area contributed by atoms with Crippen molar-refractivity contribution in [3.05, 3.63) is 16.3 Å². The minimum absolute atomic E-state index is 0.184. The largest absolute Gasteiger partial charge is 0.410 e. The van der Waals surface area contributed by atoms with E-state index >= 15 is 0 Å². The van der Waals surface area contributed by atoms with Crippen LogP contribution in [0, 0.1) is 10.1 Å². The molecule has 11 heteroatoms. The van der Waals surface area contributed by atoms with Gasteiger partial charge in [0.2, 0.25) is 14.9 Å². The number of nitro groups is 1. The van der Waals surface area contributed by atoms with E-state index in [0.29, 0.717) is 13.2 Å². The number of rotatable bonds is 9. The van der Waals surface area contributed by atoms with E-state index < -0.39 is 25.7 Å². The van der Waals surface area contributed by atoms with Crippen LogP contribution in [0.15, 0.2) is 11.1 Å². The minimum atomic E-state index is -4.18. The standard InChI is InChI=1S/C9H16N4O6S/c1-18-4-2-5-19-6-3-12-7-8(20(10,16)17)9(11-12)13(14)15/h7H,2-6H2,1H3,(H2,10,16,17). The van der Waals surface area contributed by atoms with Gasteiger partial charge in [-0.25, -0.2) is 13.6 Å². The Hall–Kier alpha value is -1.56. The van der Waals surface area contributed by atoms with Crippen molar-refractivity contribution in [3.63, 3.8) is 0 Å². The smallest absolute Gasteiger partial charge is 0.385 e. The van der Waals surface area contributed by atoms with Gasteiger partial charge in [0.25, 0.3) is 0 Å². The Morgan fingerprint density at radius 2 is 2.15 bits per heavy atom. The van der Waals surface area contributed by atoms with Crippen LogP contribution < -0.4 is 5.14 Å². The van der Waals surface area contributed by atoms with E-state index in [1.165, 1.54) is 0 Å². The summed E-state index contributed by atoms with van der Waals surface area (Å²) in [4.78, 5) is 9.19. The van der Waals surface area contributed by atoms with Gasteiger partial charge in [-0.1, -0.05) is 0 Å². The third-order valence-electron chi connectivity index (χ3n) is 2.29. The molecular weight excluding hydrogens is 292 g/mol. The molecule has 1 heterocycles. The lowest BCUT2D eigenvalue weighted by molar-refractivity contribution is -0.392. The summed E-state index contributed by atoms with van der Waals surface area (Å²) in [7, 11) is -2.60. The Morgan fingerprint density at radius 1 is 1.45 bits per heavy atom. The highest BCUT2D eigenvalue weighted by molar-refractivity contribution is 7.89. The zero-order valence-electron chi connectivity index (χ0n) is 10.9. The molecule has 0 saturated carbocycles. The number of hydrogen-bond donors (Lipinski definition) is 1. The van der Waals surface area contributed by atoms with E-state index in [-0.39, 0.29) is 13.2 Å². The van der Waals surface area contributed by atoms with E-state index in [4.69, 9.17) is 14.6 Å². The summed E-state index contributed by atoms with van der Waals surface area (Å²) in [6.07, 6.45) is 1.74. The second kappa shape index (κ2) is 7.28. The van der Waals surface area contributed by atoms with Gasteiger partial charge in [0, 0.05) is 20.3 Å². The van der Waals surface area contributed by atoms with Crippen LogP contribution in [0.2, 0.25) is 0 Å². The van der Waals surface area contributed by atoms with Gasteiger partial charge in [-0.05, 0) is 11.3 Å². The summed E-state index contributed by atoms with van der Waals surface area (Å²) in [6, 6.07) is 0. The van der Waals surface area contributed by atoms with Gasteiger partial charge in [0.05, 0.1) is 24.4 Å². The van der Waals surface area contributed by atoms with E-state index in [1.807, 2.05) is 0 Å². The molecule has 1 rings (SSSR count). The van der Waals surface area contributed by atoms with Crippen molar-refractivity contribution in [2.75, 3.05) is 26.9 Å². The van der Waals surface area contributed by atoms with Crippen LogP contribution in [0.25, 0.3) is 0 Å². The first-order chi connectivity index (χ1) is 9.36. The third kappa shape index (κ3) is 4.85. The average molecular weight is 308 g/mol. The highest BCUT2D eigenvalue weighted by Gasteiger charge is 2.28. The molecule has 0 spiro atoms. The van der Waals surface area contributed by atoms with Gasteiger partial charge in [0.15, 0.2) is 0 Å². The molecule has 0 fully saturated rings. The topological polar surface area (TPSA) is 140 Å². The molecule has 2 N–H and O–H groups in total. The van der Waals surface area contributed by atoms with Crippen molar-refractivity contribution in [2.45, 2.75) is 17.9 Å². The van der Waals surface area contributed by atoms with Gasteiger partial charge in [-0.2, -0.15) is 4.68 Å². The first-order valence-electron chi connectivity index (χ1n) is 5.67. The summed E-state index contributed by atoms with van der Waals surface area (Å²) >= 11 is 0. The van der Waals surface area contributed by atoms with Crippen LogP contribution in [0.3, 0.4) is 0 Å². The lowest BCUT2D eigenvalue weighted by atomic mass is 10.5. The maximum absolute atomic E-state index is 11.2. The van der Waals surface area contributed by atoms with Crippen molar-refractivity contribution in [1.29, 1.82) is 0 Å². The molecular formula is C9H16N4O6S. The Morgan fingerprint density at radius 3 is 2.65 bits per heavy atom. The quantitative estimate of drug-likeness (QED) is 0.368. The van der Waals surface area contributed by atoms with E-state index in [2.05, 4.69) is 5.10 Å². The molecule has 0 aliphatic carbocycles. The average Bonchev–Trinajstić information content (AvgIpc) is 2.78. The fourth-order valence-corrected chi connectivity index (χ4v) is 2.04. The van der Waals surface area contributed by atoms with Crippen LogP contribution in [-0.2, 0) is 26.0 Å². The molecule has 1 aromatic heterocycles. The Kier molecular flexibility index (Phi) is 6.01. The van der Waals surface area contributed by atoms with Crippen LogP contribution in [0.1, 0.15) is 6.42 Å². The lowest BCUT2D eigenvalue weighted by Crippen LogP contribution is -2.13. The van der Waals surface area contributed by atoms with Gasteiger partial charge in [0.1, 0.15) is 0 Å². The fraction of sp³-hybridized carbons (Fsp3) is 0.667. The molecule has 0 radical (unpaired) electrons. The number of hydrogen-bond acceptors (Lipinski definition) is 7. The normalized spacial score (nSPS) is 11.7. The van der Waals surface area contributed by atoms with Gasteiger partial charge < -0.3 is 19.6 Å². The van der Waals surface area contributed by atoms with Gasteiger partial charge >= 0.3 is 5.82 Å². The summed E-state index contributed by atoms with van der Waals surface area (Å²) in [5.74, 6) is -0.785. The van der Waals surface area contributed by atoms with Crippen LogP contribution in [0.5, 0.6) is 0 Å². The zero-order valence-corrected chi connectivity index (χ0v) is 11.7. The predicted octanol–water partition coefficient (Wildman–Crippen LogP) is -0.508. The van der Waals surface area contributed by atoms with Gasteiger partial charge in [-0.3, -0.25) is 0 Å². The van der Waals surface area contributed by atoms with Crippen molar-refractivity contribution >= 4 is 15.8 Å². The lowest BCUT2D eigenvalue weighted by Gasteiger charge is -2.01. The summed E-state index contributed by atoms with van der Waals surface area (Å²) < 4.78 is 33.6. The van der Waals surface area contributed by atoms with Crippen LogP contribution in [0.4, 0.5) is 5.82 Å². The Balaban J connectivity index is 2.62. The van der Waals surface area contributed by atoms with Crippen LogP contribution in [-0.4, -0.2) is 50.1 Å². The minimum Gasteiger partial charge on any atom is -0.385 e. The van der Waals surface area contributed by atoms with E-state index in [9.17, 15) is 18.5 Å². The monoisotopic (exact) mass is 308 g/mol. The first-order valence-corrected chi connectivity index (χ1v) is 7.22. The number of ether oxygens (including phenoxy) is 2. The number of aromatic nitrogens is 2. The molecule has 10 nitrogen and oxygen atoms in total. The Labute approximate surface area is 115 Å². The van der Waals surface area contributed by atoms with Crippen molar-refractivity contribution in [1.82, 2.24) is 9.78 Å². The molecule has 0 aromatic carbocycles. The first kappa shape index (κ1) is 16.5. The van der Waals surface area contributed by atoms with Crippen molar-refractivity contribution in [2.24, 2.45) is 5.14 Å². The predicted molar refractivity (Wildman–Crippen MR) is 67.6 cm³/mol. The molecule has 114 valence electrons. The number of primary sulfonamides is 1. The SMILES string of the molecule is COCCCOCCn1cc(S(N)(=O)=O)c([N+](=O)[O-])n1. The maximum atomic E-state index is 11.2. The molecule has 20 heavy (non-hydrogen) atoms. The molecule has 0 amide bonds. The number of sulfonamides is 1. The highest BCUT2D eigenvalue weighted by atomic mass is 32.2. The molecule has 0 unspecified atom stereocenters. The molecule has 0 aliphatic heterocycles. The molecule has 1 aromatic rings. The Bertz CT molecular complexity index is 555. The number of nitrogens with zero attached hydrogens (tertiary/aromatic N) is 3. The summed E-state index contributed by atoms with van der Waals surface area (Å²) in [5, 5.41) is 19.1. The number of nitrogens with two attached hydrogens (primary N) is 1. The van der Waals surface area contributed by atoms with Gasteiger partial charge in [-0.15, -0.1) is 0 Å². The van der Waals surface area contributed by atoms with Crippen molar-refractivity contribution < 1.29 is 22.8 Å². The summed E-state index contributed by atoms with van der Waals surface area (Å²) in [6.45, 7) is 1.47. The third-order valence-corrected chi connectivity index (χ3v) is 3.19. The van der Waals surface area contributed by atoms with E-state index in [1.54, 1.807) is 7.11 Å². The fourth-order valence-electron chi connectivity index (χ4n) is 1.40. The second-order valence-electron chi connectivity index (χ2n) is 3.84. The molecule has 0 atom stereocenters. The van der Waals surface area contributed by atoms with Crippen LogP contribution >= 0.6 is 0 Å². The number of methoxy groups -OCH3 is 1. The highest BCUT2D eigenvalue weighted by Crippen LogP contribution is 2.19. The zero-order chi connectivity index (χ0) is 15.2. The maximum Gasteiger partial charge on any atom is 0.410 e. The van der Waals surface area contributed by atoms with E-state index in [0.717, 1.165) is 17.3 Å². The molecule has 0 saturated heterocycles. The molecule has 0 bridgehead atoms. The summed E-state index contributed by atoms with van der Waals surface area (Å²) in [5.41, 5.74) is 0. The second-order valence-corrected chi connectivity index (χ2v) is 5.37. The molecule has 0 aliphatic rings.